The van der Waals surface area contributed by atoms with Gasteiger partial charge in [0.1, 0.15) is 0 Å². The lowest BCUT2D eigenvalue weighted by atomic mass is 9.95. The van der Waals surface area contributed by atoms with Gasteiger partial charge in [-0.2, -0.15) is 0 Å². The largest absolute Gasteiger partial charge is 0.316 e. The summed E-state index contributed by atoms with van der Waals surface area (Å²) in [6.45, 7) is 3.77. The van der Waals surface area contributed by atoms with Gasteiger partial charge in [0.15, 0.2) is 0 Å². The molecule has 1 saturated heterocycles. The van der Waals surface area contributed by atoms with E-state index in [1.807, 2.05) is 0 Å². The van der Waals surface area contributed by atoms with E-state index in [4.69, 9.17) is 0 Å². The predicted molar refractivity (Wildman–Crippen MR) is 55.9 cm³/mol. The molecule has 13 heavy (non-hydrogen) atoms. The van der Waals surface area contributed by atoms with E-state index in [0.29, 0.717) is 0 Å². The average Bonchev–Trinajstić information content (AvgIpc) is 2.98. The molecular formula is C11H22N2. The highest BCUT2D eigenvalue weighted by molar-refractivity contribution is 4.80. The Kier molecular flexibility index (Phi) is 3.62. The molecule has 76 valence electrons. The molecule has 0 aromatic heterocycles. The van der Waals surface area contributed by atoms with E-state index in [1.54, 1.807) is 0 Å². The van der Waals surface area contributed by atoms with Crippen molar-refractivity contribution in [2.24, 2.45) is 5.92 Å². The van der Waals surface area contributed by atoms with Gasteiger partial charge in [0.25, 0.3) is 0 Å². The Bertz CT molecular complexity index is 137. The molecule has 1 aliphatic carbocycles. The maximum Gasteiger partial charge on any atom is 0.00682 e. The number of piperidine rings is 1. The van der Waals surface area contributed by atoms with E-state index >= 15 is 0 Å². The monoisotopic (exact) mass is 182 g/mol. The van der Waals surface area contributed by atoms with Crippen LogP contribution in [0.1, 0.15) is 38.5 Å². The van der Waals surface area contributed by atoms with Gasteiger partial charge in [-0.3, -0.25) is 0 Å². The zero-order chi connectivity index (χ0) is 8.93. The Morgan fingerprint density at radius 1 is 1.23 bits per heavy atom. The van der Waals surface area contributed by atoms with Crippen molar-refractivity contribution in [3.8, 4) is 0 Å². The first-order valence-corrected chi connectivity index (χ1v) is 5.89. The first-order valence-electron chi connectivity index (χ1n) is 5.89. The van der Waals surface area contributed by atoms with Crippen LogP contribution in [0.3, 0.4) is 0 Å². The van der Waals surface area contributed by atoms with Crippen LogP contribution in [0.4, 0.5) is 0 Å². The van der Waals surface area contributed by atoms with Crippen LogP contribution in [-0.4, -0.2) is 25.7 Å². The second-order valence-electron chi connectivity index (χ2n) is 4.58. The number of hydrogen-bond acceptors (Lipinski definition) is 2. The highest BCUT2D eigenvalue weighted by atomic mass is 14.9. The highest BCUT2D eigenvalue weighted by Crippen LogP contribution is 2.19. The van der Waals surface area contributed by atoms with Crippen molar-refractivity contribution in [3.63, 3.8) is 0 Å². The van der Waals surface area contributed by atoms with Crippen molar-refractivity contribution in [1.82, 2.24) is 10.6 Å². The molecule has 1 atom stereocenters. The van der Waals surface area contributed by atoms with Crippen LogP contribution in [0.5, 0.6) is 0 Å². The maximum atomic E-state index is 3.58. The fraction of sp³-hybridized carbons (Fsp3) is 1.00. The van der Waals surface area contributed by atoms with Crippen molar-refractivity contribution >= 4 is 0 Å². The van der Waals surface area contributed by atoms with E-state index in [0.717, 1.165) is 12.0 Å². The molecule has 0 amide bonds. The van der Waals surface area contributed by atoms with Gasteiger partial charge in [0, 0.05) is 6.04 Å². The van der Waals surface area contributed by atoms with Crippen molar-refractivity contribution < 1.29 is 0 Å². The standard InChI is InChI=1S/C11H22N2/c1-3-10(9-12-7-1)4-2-8-13-11-5-6-11/h10-13H,1-9H2/t10-/m1/s1. The molecule has 0 unspecified atom stereocenters. The normalized spacial score (nSPS) is 29.1. The van der Waals surface area contributed by atoms with Crippen LogP contribution >= 0.6 is 0 Å². The summed E-state index contributed by atoms with van der Waals surface area (Å²) in [5.41, 5.74) is 0. The fourth-order valence-electron chi connectivity index (χ4n) is 2.15. The van der Waals surface area contributed by atoms with Gasteiger partial charge >= 0.3 is 0 Å². The Labute approximate surface area is 81.5 Å². The Balaban J connectivity index is 1.46. The van der Waals surface area contributed by atoms with Crippen LogP contribution in [0.25, 0.3) is 0 Å². The number of rotatable bonds is 5. The topological polar surface area (TPSA) is 24.1 Å². The van der Waals surface area contributed by atoms with E-state index in [9.17, 15) is 0 Å². The van der Waals surface area contributed by atoms with E-state index in [-0.39, 0.29) is 0 Å². The van der Waals surface area contributed by atoms with Crippen molar-refractivity contribution in [3.05, 3.63) is 0 Å². The van der Waals surface area contributed by atoms with Gasteiger partial charge in [-0.15, -0.1) is 0 Å². The third-order valence-electron chi connectivity index (χ3n) is 3.20. The van der Waals surface area contributed by atoms with Crippen LogP contribution < -0.4 is 10.6 Å². The molecule has 2 aliphatic rings. The molecule has 2 fully saturated rings. The quantitative estimate of drug-likeness (QED) is 0.630. The first kappa shape index (κ1) is 9.47. The van der Waals surface area contributed by atoms with Gasteiger partial charge in [-0.1, -0.05) is 0 Å². The van der Waals surface area contributed by atoms with E-state index < -0.39 is 0 Å². The summed E-state index contributed by atoms with van der Waals surface area (Å²) in [6.07, 6.45) is 8.49. The highest BCUT2D eigenvalue weighted by Gasteiger charge is 2.19. The molecule has 0 spiro atoms. The summed E-state index contributed by atoms with van der Waals surface area (Å²) in [7, 11) is 0. The van der Waals surface area contributed by atoms with Crippen LogP contribution in [0, 0.1) is 5.92 Å². The molecule has 1 heterocycles. The van der Waals surface area contributed by atoms with Crippen LogP contribution in [-0.2, 0) is 0 Å². The maximum absolute atomic E-state index is 3.58. The summed E-state index contributed by atoms with van der Waals surface area (Å²) in [4.78, 5) is 0. The molecule has 0 bridgehead atoms. The van der Waals surface area contributed by atoms with Gasteiger partial charge < -0.3 is 10.6 Å². The van der Waals surface area contributed by atoms with Gasteiger partial charge in [-0.05, 0) is 64.1 Å². The lowest BCUT2D eigenvalue weighted by Crippen LogP contribution is -2.30. The van der Waals surface area contributed by atoms with Crippen molar-refractivity contribution in [2.45, 2.75) is 44.6 Å². The van der Waals surface area contributed by atoms with Crippen LogP contribution in [0.15, 0.2) is 0 Å². The van der Waals surface area contributed by atoms with Gasteiger partial charge in [0.2, 0.25) is 0 Å². The molecule has 0 aromatic carbocycles. The number of hydrogen-bond donors (Lipinski definition) is 2. The molecule has 2 nitrogen and oxygen atoms in total. The molecule has 0 radical (unpaired) electrons. The Morgan fingerprint density at radius 3 is 2.85 bits per heavy atom. The van der Waals surface area contributed by atoms with Gasteiger partial charge in [0.05, 0.1) is 0 Å². The third kappa shape index (κ3) is 3.65. The fourth-order valence-corrected chi connectivity index (χ4v) is 2.15. The molecule has 0 aromatic rings. The summed E-state index contributed by atoms with van der Waals surface area (Å²) in [5.74, 6) is 0.967. The lowest BCUT2D eigenvalue weighted by molar-refractivity contribution is 0.348. The lowest BCUT2D eigenvalue weighted by Gasteiger charge is -2.22. The van der Waals surface area contributed by atoms with Crippen molar-refractivity contribution in [2.75, 3.05) is 19.6 Å². The summed E-state index contributed by atoms with van der Waals surface area (Å²) in [6, 6.07) is 0.893. The molecule has 2 rings (SSSR count). The zero-order valence-electron chi connectivity index (χ0n) is 8.52. The van der Waals surface area contributed by atoms with E-state index in [2.05, 4.69) is 10.6 Å². The summed E-state index contributed by atoms with van der Waals surface area (Å²) < 4.78 is 0. The summed E-state index contributed by atoms with van der Waals surface area (Å²) in [5, 5.41) is 7.05. The minimum absolute atomic E-state index is 0.893. The molecule has 2 heteroatoms. The van der Waals surface area contributed by atoms with Gasteiger partial charge in [-0.25, -0.2) is 0 Å². The molecular weight excluding hydrogens is 160 g/mol. The zero-order valence-corrected chi connectivity index (χ0v) is 8.52. The third-order valence-corrected chi connectivity index (χ3v) is 3.20. The van der Waals surface area contributed by atoms with Crippen molar-refractivity contribution in [1.29, 1.82) is 0 Å². The molecule has 1 saturated carbocycles. The first-order chi connectivity index (χ1) is 6.45. The Hall–Kier alpha value is -0.0800. The second-order valence-corrected chi connectivity index (χ2v) is 4.58. The SMILES string of the molecule is C1CNC[C@@H](CCCNC2CC2)C1. The van der Waals surface area contributed by atoms with E-state index in [1.165, 1.54) is 58.2 Å². The number of nitrogens with one attached hydrogen (secondary N) is 2. The van der Waals surface area contributed by atoms with Crippen LogP contribution in [0.2, 0.25) is 0 Å². The smallest absolute Gasteiger partial charge is 0.00682 e. The summed E-state index contributed by atoms with van der Waals surface area (Å²) >= 11 is 0. The molecule has 2 N–H and O–H groups in total. The second kappa shape index (κ2) is 4.97. The Morgan fingerprint density at radius 2 is 2.15 bits per heavy atom. The average molecular weight is 182 g/mol. The minimum Gasteiger partial charge on any atom is -0.316 e. The molecule has 1 aliphatic heterocycles. The minimum atomic E-state index is 0.893. The predicted octanol–water partition coefficient (Wildman–Crippen LogP) is 1.52.